The predicted octanol–water partition coefficient (Wildman–Crippen LogP) is 4.06. The Kier molecular flexibility index (Phi) is 5.58. The maximum absolute atomic E-state index is 4.78. The van der Waals surface area contributed by atoms with E-state index < -0.39 is 0 Å². The molecule has 2 rings (SSSR count). The highest BCUT2D eigenvalue weighted by Crippen LogP contribution is 2.23. The van der Waals surface area contributed by atoms with Crippen molar-refractivity contribution in [2.45, 2.75) is 66.6 Å². The molecular weight excluding hydrogens is 284 g/mol. The molecule has 0 saturated carbocycles. The van der Waals surface area contributed by atoms with Gasteiger partial charge in [-0.3, -0.25) is 14.6 Å². The van der Waals surface area contributed by atoms with Gasteiger partial charge >= 0.3 is 0 Å². The molecule has 126 valence electrons. The zero-order valence-corrected chi connectivity index (χ0v) is 15.4. The zero-order chi connectivity index (χ0) is 17.0. The fourth-order valence-corrected chi connectivity index (χ4v) is 3.06. The van der Waals surface area contributed by atoms with Gasteiger partial charge in [-0.15, -0.1) is 0 Å². The first-order chi connectivity index (χ1) is 10.8. The molecule has 0 fully saturated rings. The third-order valence-corrected chi connectivity index (χ3v) is 4.13. The monoisotopic (exact) mass is 314 g/mol. The van der Waals surface area contributed by atoms with Crippen molar-refractivity contribution in [2.24, 2.45) is 0 Å². The van der Waals surface area contributed by atoms with Gasteiger partial charge in [0.25, 0.3) is 0 Å². The van der Waals surface area contributed by atoms with E-state index in [1.807, 2.05) is 18.5 Å². The van der Waals surface area contributed by atoms with Crippen LogP contribution in [-0.4, -0.2) is 26.2 Å². The number of nitrogens with zero attached hydrogens (tertiary/aromatic N) is 4. The number of rotatable bonds is 6. The molecule has 4 nitrogen and oxygen atoms in total. The molecule has 2 heterocycles. The molecule has 23 heavy (non-hydrogen) atoms. The fraction of sp³-hybridized carbons (Fsp3) is 0.579. The second-order valence-electron chi connectivity index (χ2n) is 7.30. The van der Waals surface area contributed by atoms with E-state index in [9.17, 15) is 0 Å². The third-order valence-electron chi connectivity index (χ3n) is 4.13. The van der Waals surface area contributed by atoms with Gasteiger partial charge in [0.05, 0.1) is 11.2 Å². The average molecular weight is 314 g/mol. The molecule has 0 atom stereocenters. The first-order valence-electron chi connectivity index (χ1n) is 8.49. The summed E-state index contributed by atoms with van der Waals surface area (Å²) in [5.74, 6) is 0. The van der Waals surface area contributed by atoms with E-state index in [-0.39, 0.29) is 5.54 Å². The first kappa shape index (κ1) is 17.7. The van der Waals surface area contributed by atoms with E-state index in [1.165, 1.54) is 16.8 Å². The van der Waals surface area contributed by atoms with E-state index in [0.29, 0.717) is 0 Å². The molecule has 0 spiro atoms. The third kappa shape index (κ3) is 4.41. The summed E-state index contributed by atoms with van der Waals surface area (Å²) in [6, 6.07) is 4.15. The Morgan fingerprint density at radius 2 is 1.91 bits per heavy atom. The maximum atomic E-state index is 4.78. The van der Waals surface area contributed by atoms with Crippen molar-refractivity contribution in [3.8, 4) is 0 Å². The second-order valence-corrected chi connectivity index (χ2v) is 7.30. The number of hydrogen-bond acceptors (Lipinski definition) is 3. The van der Waals surface area contributed by atoms with Crippen molar-refractivity contribution in [1.82, 2.24) is 19.7 Å². The molecule has 2 aromatic heterocycles. The van der Waals surface area contributed by atoms with Gasteiger partial charge in [-0.05, 0) is 59.2 Å². The van der Waals surface area contributed by atoms with Crippen molar-refractivity contribution in [2.75, 3.05) is 6.54 Å². The Labute approximate surface area is 140 Å². The molecule has 0 amide bonds. The molecular formula is C19H30N4. The van der Waals surface area contributed by atoms with Gasteiger partial charge in [0.15, 0.2) is 0 Å². The lowest BCUT2D eigenvalue weighted by Crippen LogP contribution is -2.26. The van der Waals surface area contributed by atoms with Gasteiger partial charge in [-0.1, -0.05) is 13.0 Å². The average Bonchev–Trinajstić information content (AvgIpc) is 2.76. The minimum absolute atomic E-state index is 0.0199. The Hall–Kier alpha value is -1.68. The minimum Gasteiger partial charge on any atom is -0.295 e. The molecule has 0 aliphatic heterocycles. The van der Waals surface area contributed by atoms with Crippen molar-refractivity contribution >= 4 is 0 Å². The molecule has 0 aliphatic carbocycles. The van der Waals surface area contributed by atoms with Crippen LogP contribution >= 0.6 is 0 Å². The van der Waals surface area contributed by atoms with E-state index in [2.05, 4.69) is 62.2 Å². The van der Waals surface area contributed by atoms with E-state index in [0.717, 1.165) is 31.7 Å². The highest BCUT2D eigenvalue weighted by molar-refractivity contribution is 5.25. The fourth-order valence-electron chi connectivity index (χ4n) is 3.06. The topological polar surface area (TPSA) is 34.0 Å². The van der Waals surface area contributed by atoms with Crippen molar-refractivity contribution < 1.29 is 0 Å². The van der Waals surface area contributed by atoms with Gasteiger partial charge in [0.1, 0.15) is 0 Å². The van der Waals surface area contributed by atoms with Crippen LogP contribution in [0.25, 0.3) is 0 Å². The summed E-state index contributed by atoms with van der Waals surface area (Å²) in [5, 5.41) is 4.78. The molecule has 0 unspecified atom stereocenters. The lowest BCUT2D eigenvalue weighted by Gasteiger charge is -2.24. The van der Waals surface area contributed by atoms with Gasteiger partial charge in [-0.2, -0.15) is 5.10 Å². The maximum Gasteiger partial charge on any atom is 0.0641 e. The van der Waals surface area contributed by atoms with Crippen LogP contribution in [0.4, 0.5) is 0 Å². The first-order valence-corrected chi connectivity index (χ1v) is 8.49. The quantitative estimate of drug-likeness (QED) is 0.806. The summed E-state index contributed by atoms with van der Waals surface area (Å²) in [7, 11) is 0. The van der Waals surface area contributed by atoms with Crippen LogP contribution in [0.2, 0.25) is 0 Å². The highest BCUT2D eigenvalue weighted by Gasteiger charge is 2.22. The lowest BCUT2D eigenvalue weighted by molar-refractivity contribution is 0.255. The highest BCUT2D eigenvalue weighted by atomic mass is 15.3. The summed E-state index contributed by atoms with van der Waals surface area (Å²) in [6.45, 7) is 16.1. The molecule has 0 aliphatic rings. The minimum atomic E-state index is 0.0199. The molecule has 0 N–H and O–H groups in total. The van der Waals surface area contributed by atoms with E-state index in [1.54, 1.807) is 0 Å². The van der Waals surface area contributed by atoms with Crippen LogP contribution in [0, 0.1) is 13.8 Å². The standard InChI is InChI=1S/C19H30N4/c1-7-11-22(13-17-9-8-10-20-12-17)14-18-15(2)21-23(16(18)3)19(4,5)6/h8-10,12H,7,11,13-14H2,1-6H3. The van der Waals surface area contributed by atoms with Crippen LogP contribution in [-0.2, 0) is 18.6 Å². The predicted molar refractivity (Wildman–Crippen MR) is 95.3 cm³/mol. The molecule has 0 radical (unpaired) electrons. The number of hydrogen-bond donors (Lipinski definition) is 0. The number of aromatic nitrogens is 3. The summed E-state index contributed by atoms with van der Waals surface area (Å²) in [4.78, 5) is 6.72. The van der Waals surface area contributed by atoms with Gasteiger partial charge in [-0.25, -0.2) is 0 Å². The molecule has 2 aromatic rings. The molecule has 0 saturated heterocycles. The van der Waals surface area contributed by atoms with Crippen LogP contribution in [0.1, 0.15) is 56.6 Å². The number of pyridine rings is 1. The Bertz CT molecular complexity index is 623. The lowest BCUT2D eigenvalue weighted by atomic mass is 10.1. The normalized spacial score (nSPS) is 12.1. The van der Waals surface area contributed by atoms with Gasteiger partial charge in [0.2, 0.25) is 0 Å². The van der Waals surface area contributed by atoms with Gasteiger partial charge < -0.3 is 0 Å². The van der Waals surface area contributed by atoms with E-state index >= 15 is 0 Å². The zero-order valence-electron chi connectivity index (χ0n) is 15.4. The van der Waals surface area contributed by atoms with E-state index in [4.69, 9.17) is 5.10 Å². The summed E-state index contributed by atoms with van der Waals surface area (Å²) in [5.41, 5.74) is 5.06. The summed E-state index contributed by atoms with van der Waals surface area (Å²) in [6.07, 6.45) is 4.93. The van der Waals surface area contributed by atoms with Crippen molar-refractivity contribution in [3.63, 3.8) is 0 Å². The SMILES string of the molecule is CCCN(Cc1cccnc1)Cc1c(C)nn(C(C)(C)C)c1C. The van der Waals surface area contributed by atoms with Crippen LogP contribution in [0.5, 0.6) is 0 Å². The summed E-state index contributed by atoms with van der Waals surface area (Å²) < 4.78 is 2.16. The van der Waals surface area contributed by atoms with Crippen molar-refractivity contribution in [3.05, 3.63) is 47.0 Å². The second kappa shape index (κ2) is 7.26. The van der Waals surface area contributed by atoms with Crippen LogP contribution < -0.4 is 0 Å². The largest absolute Gasteiger partial charge is 0.295 e. The van der Waals surface area contributed by atoms with Crippen LogP contribution in [0.15, 0.2) is 24.5 Å². The summed E-state index contributed by atoms with van der Waals surface area (Å²) >= 11 is 0. The molecule has 0 aromatic carbocycles. The van der Waals surface area contributed by atoms with Crippen LogP contribution in [0.3, 0.4) is 0 Å². The Balaban J connectivity index is 2.22. The van der Waals surface area contributed by atoms with Gasteiger partial charge in [0, 0.05) is 36.7 Å². The Morgan fingerprint density at radius 1 is 1.17 bits per heavy atom. The van der Waals surface area contributed by atoms with Crippen molar-refractivity contribution in [1.29, 1.82) is 0 Å². The smallest absolute Gasteiger partial charge is 0.0641 e. The Morgan fingerprint density at radius 3 is 2.43 bits per heavy atom. The number of aryl methyl sites for hydroxylation is 1. The molecule has 4 heteroatoms. The molecule has 0 bridgehead atoms.